The summed E-state index contributed by atoms with van der Waals surface area (Å²) in [5.74, 6) is 2.06. The molecule has 0 bridgehead atoms. The first-order chi connectivity index (χ1) is 10.2. The van der Waals surface area contributed by atoms with Gasteiger partial charge in [0.1, 0.15) is 0 Å². The van der Waals surface area contributed by atoms with Crippen molar-refractivity contribution in [3.8, 4) is 0 Å². The van der Waals surface area contributed by atoms with E-state index < -0.39 is 0 Å². The van der Waals surface area contributed by atoms with Crippen molar-refractivity contribution in [1.29, 1.82) is 0 Å². The van der Waals surface area contributed by atoms with Crippen molar-refractivity contribution < 1.29 is 0 Å². The summed E-state index contributed by atoms with van der Waals surface area (Å²) in [6.45, 7) is 10.1. The summed E-state index contributed by atoms with van der Waals surface area (Å²) in [6, 6.07) is 9.37. The van der Waals surface area contributed by atoms with Crippen molar-refractivity contribution in [3.63, 3.8) is 0 Å². The van der Waals surface area contributed by atoms with E-state index in [0.717, 1.165) is 12.5 Å². The first kappa shape index (κ1) is 18.6. The van der Waals surface area contributed by atoms with Crippen LogP contribution in [0.5, 0.6) is 0 Å². The van der Waals surface area contributed by atoms with Gasteiger partial charge in [0.25, 0.3) is 0 Å². The lowest BCUT2D eigenvalue weighted by Gasteiger charge is -2.23. The van der Waals surface area contributed by atoms with E-state index in [4.69, 9.17) is 0 Å². The highest BCUT2D eigenvalue weighted by Crippen LogP contribution is 2.25. The maximum atomic E-state index is 3.69. The number of thioether (sulfide) groups is 1. The Balaban J connectivity index is 2.50. The van der Waals surface area contributed by atoms with Crippen LogP contribution in [0.1, 0.15) is 58.4 Å². The van der Waals surface area contributed by atoms with Crippen molar-refractivity contribution in [2.75, 3.05) is 12.3 Å². The average molecular weight is 308 g/mol. The van der Waals surface area contributed by atoms with Crippen LogP contribution in [-0.2, 0) is 0 Å². The molecule has 0 heterocycles. The van der Waals surface area contributed by atoms with Crippen molar-refractivity contribution in [3.05, 3.63) is 29.8 Å². The predicted octanol–water partition coefficient (Wildman–Crippen LogP) is 5.67. The van der Waals surface area contributed by atoms with Gasteiger partial charge in [0.05, 0.1) is 0 Å². The Labute approximate surface area is 136 Å². The van der Waals surface area contributed by atoms with Crippen LogP contribution in [0.25, 0.3) is 0 Å². The third-order valence-electron chi connectivity index (χ3n) is 4.19. The number of rotatable bonds is 11. The van der Waals surface area contributed by atoms with Gasteiger partial charge >= 0.3 is 0 Å². The van der Waals surface area contributed by atoms with Crippen molar-refractivity contribution in [1.82, 2.24) is 5.32 Å². The topological polar surface area (TPSA) is 12.0 Å². The molecule has 0 saturated carbocycles. The Kier molecular flexibility index (Phi) is 9.86. The Morgan fingerprint density at radius 3 is 2.52 bits per heavy atom. The van der Waals surface area contributed by atoms with Crippen LogP contribution < -0.4 is 5.32 Å². The van der Waals surface area contributed by atoms with Crippen LogP contribution in [0.15, 0.2) is 29.2 Å². The highest BCUT2D eigenvalue weighted by Gasteiger charge is 2.15. The molecule has 0 saturated heterocycles. The van der Waals surface area contributed by atoms with Gasteiger partial charge in [-0.05, 0) is 37.4 Å². The standard InChI is InChI=1S/C19H33NS/c1-5-8-12-17(6-2)14-18(20-7-3)15-21-19-13-10-9-11-16(19)4/h9-11,13,17-18,20H,5-8,12,14-15H2,1-4H3. The Hall–Kier alpha value is -0.470. The van der Waals surface area contributed by atoms with Gasteiger partial charge < -0.3 is 5.32 Å². The number of hydrogen-bond donors (Lipinski definition) is 1. The molecule has 0 aliphatic heterocycles. The molecule has 0 aromatic heterocycles. The fourth-order valence-corrected chi connectivity index (χ4v) is 3.90. The largest absolute Gasteiger partial charge is 0.313 e. The Morgan fingerprint density at radius 1 is 1.14 bits per heavy atom. The zero-order valence-electron chi connectivity index (χ0n) is 14.3. The zero-order chi connectivity index (χ0) is 15.5. The lowest BCUT2D eigenvalue weighted by molar-refractivity contribution is 0.368. The quantitative estimate of drug-likeness (QED) is 0.528. The average Bonchev–Trinajstić information content (AvgIpc) is 2.50. The number of unbranched alkanes of at least 4 members (excludes halogenated alkanes) is 1. The lowest BCUT2D eigenvalue weighted by atomic mass is 9.92. The van der Waals surface area contributed by atoms with Crippen LogP contribution in [0.3, 0.4) is 0 Å². The summed E-state index contributed by atoms with van der Waals surface area (Å²) in [5.41, 5.74) is 1.40. The summed E-state index contributed by atoms with van der Waals surface area (Å²) in [5, 5.41) is 3.69. The molecule has 0 fully saturated rings. The van der Waals surface area contributed by atoms with E-state index in [1.807, 2.05) is 11.8 Å². The van der Waals surface area contributed by atoms with E-state index in [-0.39, 0.29) is 0 Å². The maximum Gasteiger partial charge on any atom is 0.0164 e. The van der Waals surface area contributed by atoms with E-state index in [0.29, 0.717) is 6.04 Å². The molecule has 1 aromatic rings. The van der Waals surface area contributed by atoms with Gasteiger partial charge in [0, 0.05) is 16.7 Å². The lowest BCUT2D eigenvalue weighted by Crippen LogP contribution is -2.33. The highest BCUT2D eigenvalue weighted by molar-refractivity contribution is 7.99. The summed E-state index contributed by atoms with van der Waals surface area (Å²) < 4.78 is 0. The van der Waals surface area contributed by atoms with E-state index in [9.17, 15) is 0 Å². The molecule has 21 heavy (non-hydrogen) atoms. The number of nitrogens with one attached hydrogen (secondary N) is 1. The Morgan fingerprint density at radius 2 is 1.90 bits per heavy atom. The van der Waals surface area contributed by atoms with Gasteiger partial charge in [0.2, 0.25) is 0 Å². The third kappa shape index (κ3) is 7.37. The van der Waals surface area contributed by atoms with Crippen molar-refractivity contribution in [2.24, 2.45) is 5.92 Å². The maximum absolute atomic E-state index is 3.69. The van der Waals surface area contributed by atoms with Crippen LogP contribution >= 0.6 is 11.8 Å². The number of aryl methyl sites for hydroxylation is 1. The first-order valence-corrected chi connectivity index (χ1v) is 9.61. The van der Waals surface area contributed by atoms with Gasteiger partial charge in [0.15, 0.2) is 0 Å². The molecule has 0 aliphatic carbocycles. The van der Waals surface area contributed by atoms with E-state index in [1.165, 1.54) is 48.3 Å². The molecule has 120 valence electrons. The normalized spacial score (nSPS) is 14.1. The summed E-state index contributed by atoms with van der Waals surface area (Å²) in [4.78, 5) is 1.43. The van der Waals surface area contributed by atoms with Gasteiger partial charge in [-0.25, -0.2) is 0 Å². The molecule has 0 amide bonds. The highest BCUT2D eigenvalue weighted by atomic mass is 32.2. The van der Waals surface area contributed by atoms with Crippen molar-refractivity contribution >= 4 is 11.8 Å². The van der Waals surface area contributed by atoms with Crippen LogP contribution in [0.2, 0.25) is 0 Å². The molecule has 0 aliphatic rings. The molecule has 2 unspecified atom stereocenters. The van der Waals surface area contributed by atoms with E-state index in [2.05, 4.69) is 57.3 Å². The predicted molar refractivity (Wildman–Crippen MR) is 97.3 cm³/mol. The SMILES string of the molecule is CCCCC(CC)CC(CSc1ccccc1C)NCC. The summed E-state index contributed by atoms with van der Waals surface area (Å²) in [7, 11) is 0. The minimum atomic E-state index is 0.640. The molecule has 1 nitrogen and oxygen atoms in total. The van der Waals surface area contributed by atoms with E-state index in [1.54, 1.807) is 0 Å². The number of benzene rings is 1. The minimum Gasteiger partial charge on any atom is -0.313 e. The van der Waals surface area contributed by atoms with Crippen molar-refractivity contribution in [2.45, 2.75) is 70.7 Å². The fourth-order valence-electron chi connectivity index (χ4n) is 2.79. The van der Waals surface area contributed by atoms with Gasteiger partial charge in [-0.1, -0.05) is 64.7 Å². The second-order valence-electron chi connectivity index (χ2n) is 5.98. The van der Waals surface area contributed by atoms with Gasteiger partial charge in [-0.15, -0.1) is 11.8 Å². The second-order valence-corrected chi connectivity index (χ2v) is 7.05. The zero-order valence-corrected chi connectivity index (χ0v) is 15.1. The fraction of sp³-hybridized carbons (Fsp3) is 0.684. The third-order valence-corrected chi connectivity index (χ3v) is 5.53. The summed E-state index contributed by atoms with van der Waals surface area (Å²) >= 11 is 2.01. The summed E-state index contributed by atoms with van der Waals surface area (Å²) in [6.07, 6.45) is 6.73. The van der Waals surface area contributed by atoms with Gasteiger partial charge in [-0.3, -0.25) is 0 Å². The smallest absolute Gasteiger partial charge is 0.0164 e. The molecule has 1 aromatic carbocycles. The Bertz CT molecular complexity index is 378. The molecular formula is C19H33NS. The molecule has 2 atom stereocenters. The van der Waals surface area contributed by atoms with E-state index >= 15 is 0 Å². The van der Waals surface area contributed by atoms with Gasteiger partial charge in [-0.2, -0.15) is 0 Å². The van der Waals surface area contributed by atoms with Crippen LogP contribution in [0.4, 0.5) is 0 Å². The monoisotopic (exact) mass is 307 g/mol. The minimum absolute atomic E-state index is 0.640. The number of hydrogen-bond acceptors (Lipinski definition) is 2. The van der Waals surface area contributed by atoms with Crippen LogP contribution in [-0.4, -0.2) is 18.3 Å². The first-order valence-electron chi connectivity index (χ1n) is 8.62. The molecular weight excluding hydrogens is 274 g/mol. The molecule has 2 heteroatoms. The molecule has 1 N–H and O–H groups in total. The molecule has 0 spiro atoms. The van der Waals surface area contributed by atoms with Crippen LogP contribution in [0, 0.1) is 12.8 Å². The molecule has 0 radical (unpaired) electrons. The molecule has 1 rings (SSSR count). The second kappa shape index (κ2) is 11.1.